The molecule has 0 aromatic heterocycles. The summed E-state index contributed by atoms with van der Waals surface area (Å²) >= 11 is 0. The van der Waals surface area contributed by atoms with Gasteiger partial charge in [0.25, 0.3) is 0 Å². The molecule has 1 aromatic carbocycles. The standard InChI is InChI=1S/C16H24F2N2O/c1-5-19-8-12-6-13(17)15(14(18)7-12)20-9-11(2)21-16(3,4)10-20/h6-7,11,19H,5,8-10H2,1-4H3. The minimum absolute atomic E-state index is 0.0541. The van der Waals surface area contributed by atoms with Crippen LogP contribution in [-0.4, -0.2) is 31.3 Å². The van der Waals surface area contributed by atoms with Gasteiger partial charge in [0.1, 0.15) is 17.3 Å². The molecule has 2 rings (SSSR count). The quantitative estimate of drug-likeness (QED) is 0.924. The summed E-state index contributed by atoms with van der Waals surface area (Å²) in [4.78, 5) is 1.75. The largest absolute Gasteiger partial charge is 0.369 e. The van der Waals surface area contributed by atoms with Crippen LogP contribution in [0.4, 0.5) is 14.5 Å². The third-order valence-corrected chi connectivity index (χ3v) is 3.54. The van der Waals surface area contributed by atoms with E-state index in [0.717, 1.165) is 6.54 Å². The minimum Gasteiger partial charge on any atom is -0.369 e. The summed E-state index contributed by atoms with van der Waals surface area (Å²) in [5.74, 6) is -1.01. The highest BCUT2D eigenvalue weighted by molar-refractivity contribution is 5.51. The third-order valence-electron chi connectivity index (χ3n) is 3.54. The highest BCUT2D eigenvalue weighted by Crippen LogP contribution is 2.30. The van der Waals surface area contributed by atoms with Crippen molar-refractivity contribution < 1.29 is 13.5 Å². The Bertz CT molecular complexity index is 482. The molecule has 0 aliphatic carbocycles. The summed E-state index contributed by atoms with van der Waals surface area (Å²) < 4.78 is 34.5. The van der Waals surface area contributed by atoms with Crippen molar-refractivity contribution in [2.75, 3.05) is 24.5 Å². The van der Waals surface area contributed by atoms with Gasteiger partial charge in [-0.2, -0.15) is 0 Å². The molecule has 3 nitrogen and oxygen atoms in total. The lowest BCUT2D eigenvalue weighted by molar-refractivity contribution is -0.0752. The average molecular weight is 298 g/mol. The van der Waals surface area contributed by atoms with Crippen molar-refractivity contribution in [2.45, 2.75) is 45.9 Å². The number of morpholine rings is 1. The SMILES string of the molecule is CCNCc1cc(F)c(N2CC(C)OC(C)(C)C2)c(F)c1. The molecular weight excluding hydrogens is 274 g/mol. The highest BCUT2D eigenvalue weighted by Gasteiger charge is 2.33. The molecule has 0 spiro atoms. The average Bonchev–Trinajstić information content (AvgIpc) is 2.33. The molecular formula is C16H24F2N2O. The van der Waals surface area contributed by atoms with E-state index in [9.17, 15) is 8.78 Å². The van der Waals surface area contributed by atoms with Crippen LogP contribution in [0, 0.1) is 11.6 Å². The Morgan fingerprint density at radius 3 is 2.48 bits per heavy atom. The first-order valence-corrected chi connectivity index (χ1v) is 7.44. The van der Waals surface area contributed by atoms with E-state index in [1.165, 1.54) is 12.1 Å². The molecule has 21 heavy (non-hydrogen) atoms. The molecule has 0 saturated carbocycles. The van der Waals surface area contributed by atoms with Crippen LogP contribution in [0.3, 0.4) is 0 Å². The first-order chi connectivity index (χ1) is 9.82. The number of anilines is 1. The molecule has 1 aliphatic rings. The Morgan fingerprint density at radius 2 is 1.95 bits per heavy atom. The molecule has 1 unspecified atom stereocenters. The fourth-order valence-electron chi connectivity index (χ4n) is 2.92. The summed E-state index contributed by atoms with van der Waals surface area (Å²) in [6.07, 6.45) is -0.0611. The van der Waals surface area contributed by atoms with Crippen LogP contribution >= 0.6 is 0 Å². The van der Waals surface area contributed by atoms with Crippen molar-refractivity contribution in [3.63, 3.8) is 0 Å². The summed E-state index contributed by atoms with van der Waals surface area (Å²) in [6, 6.07) is 2.82. The van der Waals surface area contributed by atoms with Crippen molar-refractivity contribution in [2.24, 2.45) is 0 Å². The zero-order chi connectivity index (χ0) is 15.6. The summed E-state index contributed by atoms with van der Waals surface area (Å²) in [5, 5.41) is 3.07. The predicted molar refractivity (Wildman–Crippen MR) is 80.6 cm³/mol. The lowest BCUT2D eigenvalue weighted by atomic mass is 10.0. The predicted octanol–water partition coefficient (Wildman–Crippen LogP) is 3.08. The first kappa shape index (κ1) is 16.2. The molecule has 1 atom stereocenters. The van der Waals surface area contributed by atoms with Crippen LogP contribution in [0.15, 0.2) is 12.1 Å². The lowest BCUT2D eigenvalue weighted by Crippen LogP contribution is -2.52. The van der Waals surface area contributed by atoms with Gasteiger partial charge in [0.2, 0.25) is 0 Å². The van der Waals surface area contributed by atoms with Gasteiger partial charge in [-0.05, 0) is 45.0 Å². The molecule has 118 valence electrons. The Hall–Kier alpha value is -1.20. The lowest BCUT2D eigenvalue weighted by Gasteiger charge is -2.43. The Labute approximate surface area is 125 Å². The number of nitrogens with zero attached hydrogens (tertiary/aromatic N) is 1. The molecule has 0 amide bonds. The van der Waals surface area contributed by atoms with E-state index >= 15 is 0 Å². The van der Waals surface area contributed by atoms with E-state index in [1.54, 1.807) is 4.90 Å². The fourth-order valence-corrected chi connectivity index (χ4v) is 2.92. The van der Waals surface area contributed by atoms with Crippen molar-refractivity contribution in [1.29, 1.82) is 0 Å². The number of benzene rings is 1. The summed E-state index contributed by atoms with van der Waals surface area (Å²) in [6.45, 7) is 9.94. The van der Waals surface area contributed by atoms with E-state index in [2.05, 4.69) is 5.32 Å². The normalized spacial score (nSPS) is 21.6. The van der Waals surface area contributed by atoms with Crippen LogP contribution in [0.5, 0.6) is 0 Å². The summed E-state index contributed by atoms with van der Waals surface area (Å²) in [7, 11) is 0. The molecule has 0 radical (unpaired) electrons. The maximum absolute atomic E-state index is 14.4. The van der Waals surface area contributed by atoms with E-state index < -0.39 is 17.2 Å². The maximum atomic E-state index is 14.4. The van der Waals surface area contributed by atoms with Gasteiger partial charge in [0.15, 0.2) is 0 Å². The third kappa shape index (κ3) is 3.92. The second-order valence-corrected chi connectivity index (χ2v) is 6.26. The number of hydrogen-bond acceptors (Lipinski definition) is 3. The number of nitrogens with one attached hydrogen (secondary N) is 1. The monoisotopic (exact) mass is 298 g/mol. The molecule has 5 heteroatoms. The van der Waals surface area contributed by atoms with Crippen molar-refractivity contribution in [3.05, 3.63) is 29.3 Å². The molecule has 1 heterocycles. The zero-order valence-electron chi connectivity index (χ0n) is 13.2. The van der Waals surface area contributed by atoms with Gasteiger partial charge in [-0.25, -0.2) is 8.78 Å². The molecule has 1 saturated heterocycles. The van der Waals surface area contributed by atoms with Crippen LogP contribution < -0.4 is 10.2 Å². The first-order valence-electron chi connectivity index (χ1n) is 7.44. The Balaban J connectivity index is 2.27. The molecule has 1 fully saturated rings. The van der Waals surface area contributed by atoms with Gasteiger partial charge >= 0.3 is 0 Å². The van der Waals surface area contributed by atoms with Gasteiger partial charge in [-0.1, -0.05) is 6.92 Å². The van der Waals surface area contributed by atoms with Gasteiger partial charge in [0.05, 0.1) is 11.7 Å². The Morgan fingerprint density at radius 1 is 1.33 bits per heavy atom. The number of hydrogen-bond donors (Lipinski definition) is 1. The number of halogens is 2. The van der Waals surface area contributed by atoms with Gasteiger partial charge in [-0.15, -0.1) is 0 Å². The molecule has 1 aliphatic heterocycles. The van der Waals surface area contributed by atoms with Gasteiger partial charge in [-0.3, -0.25) is 0 Å². The van der Waals surface area contributed by atoms with E-state index in [1.807, 2.05) is 27.7 Å². The van der Waals surface area contributed by atoms with Crippen molar-refractivity contribution in [3.8, 4) is 0 Å². The smallest absolute Gasteiger partial charge is 0.149 e. The maximum Gasteiger partial charge on any atom is 0.149 e. The topological polar surface area (TPSA) is 24.5 Å². The minimum atomic E-state index is -0.507. The second-order valence-electron chi connectivity index (χ2n) is 6.26. The number of rotatable bonds is 4. The van der Waals surface area contributed by atoms with E-state index in [-0.39, 0.29) is 11.8 Å². The fraction of sp³-hybridized carbons (Fsp3) is 0.625. The van der Waals surface area contributed by atoms with Crippen LogP contribution in [0.2, 0.25) is 0 Å². The molecule has 0 bridgehead atoms. The van der Waals surface area contributed by atoms with Crippen LogP contribution in [-0.2, 0) is 11.3 Å². The van der Waals surface area contributed by atoms with Gasteiger partial charge < -0.3 is 15.0 Å². The summed E-state index contributed by atoms with van der Waals surface area (Å²) in [5.41, 5.74) is 0.258. The second kappa shape index (κ2) is 6.28. The van der Waals surface area contributed by atoms with E-state index in [4.69, 9.17) is 4.74 Å². The zero-order valence-corrected chi connectivity index (χ0v) is 13.2. The molecule has 1 N–H and O–H groups in total. The molecule has 1 aromatic rings. The van der Waals surface area contributed by atoms with E-state index in [0.29, 0.717) is 25.2 Å². The van der Waals surface area contributed by atoms with Crippen LogP contribution in [0.25, 0.3) is 0 Å². The van der Waals surface area contributed by atoms with Crippen LogP contribution in [0.1, 0.15) is 33.3 Å². The van der Waals surface area contributed by atoms with Crippen molar-refractivity contribution >= 4 is 5.69 Å². The Kier molecular flexibility index (Phi) is 4.84. The highest BCUT2D eigenvalue weighted by atomic mass is 19.1. The number of ether oxygens (including phenoxy) is 1. The van der Waals surface area contributed by atoms with Gasteiger partial charge in [0, 0.05) is 19.6 Å². The van der Waals surface area contributed by atoms with Crippen molar-refractivity contribution in [1.82, 2.24) is 5.32 Å².